The van der Waals surface area contributed by atoms with Gasteiger partial charge in [0.05, 0.1) is 19.0 Å². The molecule has 6 heteroatoms. The summed E-state index contributed by atoms with van der Waals surface area (Å²) in [6.45, 7) is 2.71. The van der Waals surface area contributed by atoms with E-state index in [1.807, 2.05) is 6.92 Å². The summed E-state index contributed by atoms with van der Waals surface area (Å²) in [5, 5.41) is 8.71. The molecule has 0 bridgehead atoms. The lowest BCUT2D eigenvalue weighted by atomic mass is 10.3. The molecule has 0 atom stereocenters. The summed E-state index contributed by atoms with van der Waals surface area (Å²) < 4.78 is 10.9. The fourth-order valence-corrected chi connectivity index (χ4v) is 1.42. The number of hydrogen-bond acceptors (Lipinski definition) is 5. The minimum atomic E-state index is -1.12. The van der Waals surface area contributed by atoms with Crippen molar-refractivity contribution in [1.29, 1.82) is 0 Å². The molecule has 1 aromatic carbocycles. The van der Waals surface area contributed by atoms with Crippen LogP contribution in [-0.2, 0) is 0 Å². The van der Waals surface area contributed by atoms with Gasteiger partial charge in [-0.2, -0.15) is 0 Å². The standard InChI is InChI=1S/C14H14N2O4/c1-2-7-19-10-3-5-11(6-4-10)20-13-9-15-12(8-16-13)14(17)18/h3-6,8-9H,2,7H2,1H3,(H,17,18). The summed E-state index contributed by atoms with van der Waals surface area (Å²) in [4.78, 5) is 18.2. The molecule has 0 radical (unpaired) electrons. The van der Waals surface area contributed by atoms with Crippen LogP contribution in [0.1, 0.15) is 23.8 Å². The van der Waals surface area contributed by atoms with Crippen LogP contribution in [0, 0.1) is 0 Å². The summed E-state index contributed by atoms with van der Waals surface area (Å²) in [5.41, 5.74) is -0.124. The lowest BCUT2D eigenvalue weighted by Crippen LogP contribution is -2.01. The summed E-state index contributed by atoms with van der Waals surface area (Å²) in [5.74, 6) is 0.455. The van der Waals surface area contributed by atoms with Gasteiger partial charge in [-0.25, -0.2) is 14.8 Å². The molecule has 104 valence electrons. The van der Waals surface area contributed by atoms with Crippen molar-refractivity contribution in [3.05, 3.63) is 42.4 Å². The third-order valence-corrected chi connectivity index (χ3v) is 2.37. The Bertz CT molecular complexity index is 567. The highest BCUT2D eigenvalue weighted by Crippen LogP contribution is 2.22. The van der Waals surface area contributed by atoms with Crippen molar-refractivity contribution in [1.82, 2.24) is 9.97 Å². The van der Waals surface area contributed by atoms with Crippen LogP contribution >= 0.6 is 0 Å². The summed E-state index contributed by atoms with van der Waals surface area (Å²) in [6.07, 6.45) is 3.37. The lowest BCUT2D eigenvalue weighted by molar-refractivity contribution is 0.0690. The molecule has 2 aromatic rings. The van der Waals surface area contributed by atoms with E-state index < -0.39 is 5.97 Å². The molecule has 0 aliphatic rings. The maximum absolute atomic E-state index is 10.6. The van der Waals surface area contributed by atoms with Crippen molar-refractivity contribution in [2.24, 2.45) is 0 Å². The molecule has 1 heterocycles. The molecule has 1 N–H and O–H groups in total. The van der Waals surface area contributed by atoms with Crippen molar-refractivity contribution in [2.75, 3.05) is 6.61 Å². The Morgan fingerprint density at radius 3 is 2.40 bits per heavy atom. The summed E-state index contributed by atoms with van der Waals surface area (Å²) in [6, 6.07) is 7.09. The first-order valence-electron chi connectivity index (χ1n) is 6.15. The van der Waals surface area contributed by atoms with Crippen molar-refractivity contribution < 1.29 is 19.4 Å². The molecule has 6 nitrogen and oxygen atoms in total. The predicted octanol–water partition coefficient (Wildman–Crippen LogP) is 2.76. The van der Waals surface area contributed by atoms with Gasteiger partial charge in [0.2, 0.25) is 5.88 Å². The maximum Gasteiger partial charge on any atom is 0.356 e. The van der Waals surface area contributed by atoms with Gasteiger partial charge in [0.1, 0.15) is 11.5 Å². The second-order valence-corrected chi connectivity index (χ2v) is 3.97. The molecule has 0 saturated heterocycles. The van der Waals surface area contributed by atoms with Gasteiger partial charge in [-0.15, -0.1) is 0 Å². The fraction of sp³-hybridized carbons (Fsp3) is 0.214. The highest BCUT2D eigenvalue weighted by molar-refractivity contribution is 5.84. The number of ether oxygens (including phenoxy) is 2. The van der Waals surface area contributed by atoms with Crippen molar-refractivity contribution in [3.8, 4) is 17.4 Å². The number of aromatic carboxylic acids is 1. The van der Waals surface area contributed by atoms with E-state index in [9.17, 15) is 4.79 Å². The van der Waals surface area contributed by atoms with E-state index in [0.717, 1.165) is 18.4 Å². The largest absolute Gasteiger partial charge is 0.494 e. The van der Waals surface area contributed by atoms with Crippen LogP contribution in [0.4, 0.5) is 0 Å². The van der Waals surface area contributed by atoms with Gasteiger partial charge >= 0.3 is 5.97 Å². The minimum absolute atomic E-state index is 0.124. The Morgan fingerprint density at radius 2 is 1.85 bits per heavy atom. The number of carboxylic acids is 1. The first-order valence-corrected chi connectivity index (χ1v) is 6.15. The Hall–Kier alpha value is -2.63. The summed E-state index contributed by atoms with van der Waals surface area (Å²) >= 11 is 0. The van der Waals surface area contributed by atoms with E-state index in [2.05, 4.69) is 9.97 Å². The molecule has 0 aliphatic carbocycles. The molecule has 0 spiro atoms. The average Bonchev–Trinajstić information content (AvgIpc) is 2.47. The number of carboxylic acid groups (broad SMARTS) is 1. The predicted molar refractivity (Wildman–Crippen MR) is 71.3 cm³/mol. The van der Waals surface area contributed by atoms with Crippen LogP contribution in [-0.4, -0.2) is 27.7 Å². The van der Waals surface area contributed by atoms with E-state index in [4.69, 9.17) is 14.6 Å². The maximum atomic E-state index is 10.6. The highest BCUT2D eigenvalue weighted by Gasteiger charge is 2.06. The van der Waals surface area contributed by atoms with Gasteiger partial charge in [-0.3, -0.25) is 0 Å². The molecule has 2 rings (SSSR count). The molecule has 1 aromatic heterocycles. The van der Waals surface area contributed by atoms with Crippen LogP contribution in [0.15, 0.2) is 36.7 Å². The smallest absolute Gasteiger partial charge is 0.356 e. The number of benzene rings is 1. The van der Waals surface area contributed by atoms with Crippen LogP contribution in [0.5, 0.6) is 17.4 Å². The number of hydrogen-bond donors (Lipinski definition) is 1. The Morgan fingerprint density at radius 1 is 1.15 bits per heavy atom. The summed E-state index contributed by atoms with van der Waals surface area (Å²) in [7, 11) is 0. The quantitative estimate of drug-likeness (QED) is 0.872. The molecule has 0 aliphatic heterocycles. The Kier molecular flexibility index (Phi) is 4.49. The second-order valence-electron chi connectivity index (χ2n) is 3.97. The monoisotopic (exact) mass is 274 g/mol. The fourth-order valence-electron chi connectivity index (χ4n) is 1.42. The van der Waals surface area contributed by atoms with E-state index >= 15 is 0 Å². The number of aromatic nitrogens is 2. The van der Waals surface area contributed by atoms with Gasteiger partial charge < -0.3 is 14.6 Å². The Labute approximate surface area is 116 Å². The number of rotatable bonds is 6. The van der Waals surface area contributed by atoms with Gasteiger partial charge in [-0.1, -0.05) is 6.92 Å². The third-order valence-electron chi connectivity index (χ3n) is 2.37. The third kappa shape index (κ3) is 3.68. The van der Waals surface area contributed by atoms with E-state index in [1.54, 1.807) is 24.3 Å². The van der Waals surface area contributed by atoms with E-state index in [0.29, 0.717) is 12.4 Å². The van der Waals surface area contributed by atoms with Gasteiger partial charge in [0.15, 0.2) is 5.69 Å². The van der Waals surface area contributed by atoms with Crippen LogP contribution in [0.3, 0.4) is 0 Å². The van der Waals surface area contributed by atoms with Gasteiger partial charge in [0, 0.05) is 0 Å². The highest BCUT2D eigenvalue weighted by atomic mass is 16.5. The van der Waals surface area contributed by atoms with Gasteiger partial charge in [0.25, 0.3) is 0 Å². The average molecular weight is 274 g/mol. The van der Waals surface area contributed by atoms with Crippen LogP contribution < -0.4 is 9.47 Å². The molecule has 0 saturated carbocycles. The first kappa shape index (κ1) is 13.8. The zero-order chi connectivity index (χ0) is 14.4. The molecular weight excluding hydrogens is 260 g/mol. The van der Waals surface area contributed by atoms with Crippen LogP contribution in [0.2, 0.25) is 0 Å². The second kappa shape index (κ2) is 6.51. The number of nitrogens with zero attached hydrogens (tertiary/aromatic N) is 2. The van der Waals surface area contributed by atoms with Crippen molar-refractivity contribution >= 4 is 5.97 Å². The van der Waals surface area contributed by atoms with Crippen LogP contribution in [0.25, 0.3) is 0 Å². The first-order chi connectivity index (χ1) is 9.69. The normalized spacial score (nSPS) is 10.1. The number of carbonyl (C=O) groups is 1. The lowest BCUT2D eigenvalue weighted by Gasteiger charge is -2.07. The topological polar surface area (TPSA) is 81.5 Å². The molecule has 20 heavy (non-hydrogen) atoms. The minimum Gasteiger partial charge on any atom is -0.494 e. The Balaban J connectivity index is 2.00. The SMILES string of the molecule is CCCOc1ccc(Oc2cnc(C(=O)O)cn2)cc1. The van der Waals surface area contributed by atoms with Gasteiger partial charge in [-0.05, 0) is 30.7 Å². The molecular formula is C14H14N2O4. The van der Waals surface area contributed by atoms with E-state index in [1.165, 1.54) is 6.20 Å². The zero-order valence-electron chi connectivity index (χ0n) is 10.9. The van der Waals surface area contributed by atoms with E-state index in [-0.39, 0.29) is 11.6 Å². The molecule has 0 fully saturated rings. The van der Waals surface area contributed by atoms with Crippen molar-refractivity contribution in [2.45, 2.75) is 13.3 Å². The molecule has 0 unspecified atom stereocenters. The zero-order valence-corrected chi connectivity index (χ0v) is 10.9. The molecule has 0 amide bonds. The van der Waals surface area contributed by atoms with Crippen molar-refractivity contribution in [3.63, 3.8) is 0 Å².